The maximum Gasteiger partial charge on any atom is 0.146 e. The molecular formula is C21H13Cl2NO. The molecule has 1 aromatic heterocycles. The van der Waals surface area contributed by atoms with E-state index in [0.717, 1.165) is 22.0 Å². The van der Waals surface area contributed by atoms with Gasteiger partial charge in [0.15, 0.2) is 0 Å². The summed E-state index contributed by atoms with van der Waals surface area (Å²) < 4.78 is 6.13. The van der Waals surface area contributed by atoms with E-state index in [1.807, 2.05) is 66.7 Å². The van der Waals surface area contributed by atoms with Crippen molar-refractivity contribution in [2.45, 2.75) is 0 Å². The van der Waals surface area contributed by atoms with Crippen LogP contribution in [0.4, 0.5) is 0 Å². The predicted octanol–water partition coefficient (Wildman–Crippen LogP) is 7.00. The number of fused-ring (bicyclic) bond motifs is 1. The number of ether oxygens (including phenoxy) is 1. The van der Waals surface area contributed by atoms with Gasteiger partial charge in [0.2, 0.25) is 0 Å². The van der Waals surface area contributed by atoms with E-state index in [1.54, 1.807) is 12.3 Å². The lowest BCUT2D eigenvalue weighted by Crippen LogP contribution is -1.92. The normalized spacial score (nSPS) is 10.8. The third-order valence-corrected chi connectivity index (χ3v) is 4.45. The van der Waals surface area contributed by atoms with E-state index in [-0.39, 0.29) is 0 Å². The van der Waals surface area contributed by atoms with Crippen molar-refractivity contribution in [1.29, 1.82) is 0 Å². The van der Waals surface area contributed by atoms with Gasteiger partial charge in [-0.05, 0) is 48.0 Å². The Hall–Kier alpha value is -2.55. The first-order valence-corrected chi connectivity index (χ1v) is 8.54. The fraction of sp³-hybridized carbons (Fsp3) is 0. The van der Waals surface area contributed by atoms with Crippen LogP contribution in [0.3, 0.4) is 0 Å². The SMILES string of the molecule is Clc1cccc(-c2c(Oc3ccccc3Cl)ccc3cccnc23)c1. The van der Waals surface area contributed by atoms with Crippen LogP contribution in [0.5, 0.6) is 11.5 Å². The molecular weight excluding hydrogens is 353 g/mol. The molecule has 0 radical (unpaired) electrons. The molecule has 0 spiro atoms. The third kappa shape index (κ3) is 3.19. The average Bonchev–Trinajstić information content (AvgIpc) is 2.63. The van der Waals surface area contributed by atoms with Gasteiger partial charge in [-0.15, -0.1) is 0 Å². The molecule has 4 aromatic rings. The van der Waals surface area contributed by atoms with Gasteiger partial charge in [0, 0.05) is 16.6 Å². The van der Waals surface area contributed by atoms with E-state index in [1.165, 1.54) is 0 Å². The summed E-state index contributed by atoms with van der Waals surface area (Å²) in [5.74, 6) is 1.28. The highest BCUT2D eigenvalue weighted by Gasteiger charge is 2.14. The number of para-hydroxylation sites is 1. The summed E-state index contributed by atoms with van der Waals surface area (Å²) >= 11 is 12.5. The standard InChI is InChI=1S/C21H13Cl2NO/c22-16-7-3-5-15(13-16)20-19(25-18-9-2-1-8-17(18)23)11-10-14-6-4-12-24-21(14)20/h1-13H. The molecule has 0 saturated heterocycles. The topological polar surface area (TPSA) is 22.1 Å². The number of hydrogen-bond donors (Lipinski definition) is 0. The van der Waals surface area contributed by atoms with Crippen LogP contribution in [0.1, 0.15) is 0 Å². The van der Waals surface area contributed by atoms with Crippen LogP contribution in [0.25, 0.3) is 22.0 Å². The summed E-state index contributed by atoms with van der Waals surface area (Å²) in [7, 11) is 0. The van der Waals surface area contributed by atoms with Crippen molar-refractivity contribution in [3.63, 3.8) is 0 Å². The van der Waals surface area contributed by atoms with Crippen LogP contribution in [0.15, 0.2) is 79.0 Å². The minimum atomic E-state index is 0.556. The molecule has 0 fully saturated rings. The van der Waals surface area contributed by atoms with Gasteiger partial charge in [-0.3, -0.25) is 4.98 Å². The first-order chi connectivity index (χ1) is 12.2. The Morgan fingerprint density at radius 3 is 2.48 bits per heavy atom. The second kappa shape index (κ2) is 6.75. The fourth-order valence-corrected chi connectivity index (χ4v) is 3.15. The van der Waals surface area contributed by atoms with E-state index in [4.69, 9.17) is 27.9 Å². The number of benzene rings is 3. The molecule has 0 saturated carbocycles. The number of rotatable bonds is 3. The number of hydrogen-bond acceptors (Lipinski definition) is 2. The number of nitrogens with zero attached hydrogens (tertiary/aromatic N) is 1. The summed E-state index contributed by atoms with van der Waals surface area (Å²) in [5, 5.41) is 2.25. The molecule has 4 heteroatoms. The molecule has 1 heterocycles. The smallest absolute Gasteiger partial charge is 0.146 e. The maximum absolute atomic E-state index is 6.25. The molecule has 0 bridgehead atoms. The van der Waals surface area contributed by atoms with Crippen molar-refractivity contribution in [2.24, 2.45) is 0 Å². The number of aromatic nitrogens is 1. The largest absolute Gasteiger partial charge is 0.455 e. The lowest BCUT2D eigenvalue weighted by Gasteiger charge is -2.14. The van der Waals surface area contributed by atoms with Crippen molar-refractivity contribution in [1.82, 2.24) is 4.98 Å². The third-order valence-electron chi connectivity index (χ3n) is 3.91. The molecule has 3 aromatic carbocycles. The zero-order valence-electron chi connectivity index (χ0n) is 13.1. The monoisotopic (exact) mass is 365 g/mol. The van der Waals surface area contributed by atoms with Gasteiger partial charge in [-0.2, -0.15) is 0 Å². The van der Waals surface area contributed by atoms with Crippen LogP contribution < -0.4 is 4.74 Å². The molecule has 4 rings (SSSR count). The fourth-order valence-electron chi connectivity index (χ4n) is 2.78. The van der Waals surface area contributed by atoms with Crippen LogP contribution in [0.2, 0.25) is 10.0 Å². The zero-order valence-corrected chi connectivity index (χ0v) is 14.6. The second-order valence-corrected chi connectivity index (χ2v) is 6.40. The molecule has 0 amide bonds. The molecule has 0 N–H and O–H groups in total. The van der Waals surface area contributed by atoms with E-state index in [2.05, 4.69) is 4.98 Å². The van der Waals surface area contributed by atoms with Crippen LogP contribution >= 0.6 is 23.2 Å². The molecule has 0 aliphatic heterocycles. The van der Waals surface area contributed by atoms with Crippen molar-refractivity contribution in [3.05, 3.63) is 89.0 Å². The summed E-state index contributed by atoms with van der Waals surface area (Å²) in [6.07, 6.45) is 1.77. The Balaban J connectivity index is 1.95. The van der Waals surface area contributed by atoms with Crippen LogP contribution in [-0.2, 0) is 0 Å². The Kier molecular flexibility index (Phi) is 4.31. The number of pyridine rings is 1. The predicted molar refractivity (Wildman–Crippen MR) is 104 cm³/mol. The lowest BCUT2D eigenvalue weighted by molar-refractivity contribution is 0.485. The zero-order chi connectivity index (χ0) is 17.2. The van der Waals surface area contributed by atoms with E-state index >= 15 is 0 Å². The molecule has 0 atom stereocenters. The van der Waals surface area contributed by atoms with Gasteiger partial charge in [0.1, 0.15) is 11.5 Å². The highest BCUT2D eigenvalue weighted by molar-refractivity contribution is 6.32. The van der Waals surface area contributed by atoms with Gasteiger partial charge < -0.3 is 4.74 Å². The quantitative estimate of drug-likeness (QED) is 0.389. The minimum Gasteiger partial charge on any atom is -0.455 e. The van der Waals surface area contributed by atoms with Crippen molar-refractivity contribution in [3.8, 4) is 22.6 Å². The average molecular weight is 366 g/mol. The Morgan fingerprint density at radius 1 is 0.760 bits per heavy atom. The highest BCUT2D eigenvalue weighted by atomic mass is 35.5. The van der Waals surface area contributed by atoms with Gasteiger partial charge in [-0.1, -0.05) is 53.5 Å². The van der Waals surface area contributed by atoms with Crippen molar-refractivity contribution < 1.29 is 4.74 Å². The van der Waals surface area contributed by atoms with Gasteiger partial charge >= 0.3 is 0 Å². The summed E-state index contributed by atoms with van der Waals surface area (Å²) in [6.45, 7) is 0. The van der Waals surface area contributed by atoms with Crippen molar-refractivity contribution >= 4 is 34.1 Å². The molecule has 122 valence electrons. The second-order valence-electron chi connectivity index (χ2n) is 5.56. The van der Waals surface area contributed by atoms with Gasteiger partial charge in [0.05, 0.1) is 16.1 Å². The summed E-state index contributed by atoms with van der Waals surface area (Å²) in [5.41, 5.74) is 2.69. The maximum atomic E-state index is 6.25. The molecule has 2 nitrogen and oxygen atoms in total. The van der Waals surface area contributed by atoms with Gasteiger partial charge in [0.25, 0.3) is 0 Å². The molecule has 0 aliphatic carbocycles. The van der Waals surface area contributed by atoms with E-state index < -0.39 is 0 Å². The van der Waals surface area contributed by atoms with Crippen LogP contribution in [-0.4, -0.2) is 4.98 Å². The Morgan fingerprint density at radius 2 is 1.64 bits per heavy atom. The van der Waals surface area contributed by atoms with Crippen LogP contribution in [0, 0.1) is 0 Å². The van der Waals surface area contributed by atoms with E-state index in [0.29, 0.717) is 21.5 Å². The first-order valence-electron chi connectivity index (χ1n) is 7.78. The minimum absolute atomic E-state index is 0.556. The first kappa shape index (κ1) is 15.9. The van der Waals surface area contributed by atoms with E-state index in [9.17, 15) is 0 Å². The highest BCUT2D eigenvalue weighted by Crippen LogP contribution is 2.40. The Bertz CT molecular complexity index is 1060. The summed E-state index contributed by atoms with van der Waals surface area (Å²) in [6, 6.07) is 22.9. The molecule has 0 aliphatic rings. The van der Waals surface area contributed by atoms with Crippen molar-refractivity contribution in [2.75, 3.05) is 0 Å². The Labute approximate surface area is 155 Å². The van der Waals surface area contributed by atoms with Gasteiger partial charge in [-0.25, -0.2) is 0 Å². The molecule has 25 heavy (non-hydrogen) atoms. The number of halogens is 2. The summed E-state index contributed by atoms with van der Waals surface area (Å²) in [4.78, 5) is 4.56. The molecule has 0 unspecified atom stereocenters. The lowest BCUT2D eigenvalue weighted by atomic mass is 10.0.